The molecule has 0 aromatic carbocycles. The van der Waals surface area contributed by atoms with Crippen molar-refractivity contribution in [3.8, 4) is 0 Å². The first-order valence-electron chi connectivity index (χ1n) is 8.37. The van der Waals surface area contributed by atoms with Gasteiger partial charge in [-0.2, -0.15) is 0 Å². The third-order valence-corrected chi connectivity index (χ3v) is 4.73. The summed E-state index contributed by atoms with van der Waals surface area (Å²) in [6.07, 6.45) is 8.13. The van der Waals surface area contributed by atoms with Gasteiger partial charge in [-0.1, -0.05) is 6.92 Å². The SMILES string of the molecule is CCC1CCCCN1C(=O)N1CCN(c2ncccn2)CC1. The number of piperazine rings is 1. The molecule has 0 N–H and O–H groups in total. The van der Waals surface area contributed by atoms with Gasteiger partial charge >= 0.3 is 6.03 Å². The standard InChI is InChI=1S/C16H25N5O/c1-2-14-6-3-4-9-21(14)16(22)20-12-10-19(11-13-20)15-17-7-5-8-18-15/h5,7-8,14H,2-4,6,9-13H2,1H3. The molecule has 22 heavy (non-hydrogen) atoms. The summed E-state index contributed by atoms with van der Waals surface area (Å²) in [6, 6.07) is 2.47. The van der Waals surface area contributed by atoms with Crippen molar-refractivity contribution in [3.63, 3.8) is 0 Å². The van der Waals surface area contributed by atoms with Crippen molar-refractivity contribution in [2.24, 2.45) is 0 Å². The highest BCUT2D eigenvalue weighted by Crippen LogP contribution is 2.21. The molecule has 0 radical (unpaired) electrons. The summed E-state index contributed by atoms with van der Waals surface area (Å²) in [6.45, 7) is 6.22. The third kappa shape index (κ3) is 3.15. The number of rotatable bonds is 2. The quantitative estimate of drug-likeness (QED) is 0.838. The van der Waals surface area contributed by atoms with Gasteiger partial charge < -0.3 is 14.7 Å². The Morgan fingerprint density at radius 2 is 1.86 bits per heavy atom. The van der Waals surface area contributed by atoms with Crippen molar-refractivity contribution in [2.75, 3.05) is 37.6 Å². The van der Waals surface area contributed by atoms with Crippen LogP contribution in [0.25, 0.3) is 0 Å². The Balaban J connectivity index is 1.57. The van der Waals surface area contributed by atoms with Gasteiger partial charge in [0.15, 0.2) is 0 Å². The van der Waals surface area contributed by atoms with Gasteiger partial charge in [-0.15, -0.1) is 0 Å². The van der Waals surface area contributed by atoms with E-state index in [1.165, 1.54) is 6.42 Å². The second kappa shape index (κ2) is 6.94. The number of carbonyl (C=O) groups is 1. The van der Waals surface area contributed by atoms with Crippen LogP contribution in [0.3, 0.4) is 0 Å². The Labute approximate surface area is 132 Å². The van der Waals surface area contributed by atoms with Crippen LogP contribution in [0.4, 0.5) is 10.7 Å². The number of aromatic nitrogens is 2. The molecule has 120 valence electrons. The van der Waals surface area contributed by atoms with E-state index in [4.69, 9.17) is 0 Å². The normalized spacial score (nSPS) is 22.8. The highest BCUT2D eigenvalue weighted by Gasteiger charge is 2.31. The zero-order valence-corrected chi connectivity index (χ0v) is 13.3. The van der Waals surface area contributed by atoms with Crippen molar-refractivity contribution in [3.05, 3.63) is 18.5 Å². The monoisotopic (exact) mass is 303 g/mol. The van der Waals surface area contributed by atoms with E-state index in [1.54, 1.807) is 12.4 Å². The molecule has 1 atom stereocenters. The predicted molar refractivity (Wildman–Crippen MR) is 85.9 cm³/mol. The third-order valence-electron chi connectivity index (χ3n) is 4.73. The van der Waals surface area contributed by atoms with E-state index in [-0.39, 0.29) is 6.03 Å². The zero-order chi connectivity index (χ0) is 15.4. The van der Waals surface area contributed by atoms with Gasteiger partial charge in [0, 0.05) is 51.2 Å². The minimum absolute atomic E-state index is 0.222. The largest absolute Gasteiger partial charge is 0.337 e. The number of anilines is 1. The topological polar surface area (TPSA) is 52.6 Å². The van der Waals surface area contributed by atoms with Crippen molar-refractivity contribution >= 4 is 12.0 Å². The number of urea groups is 1. The van der Waals surface area contributed by atoms with E-state index in [0.29, 0.717) is 6.04 Å². The van der Waals surface area contributed by atoms with Crippen LogP contribution in [0.2, 0.25) is 0 Å². The first-order valence-corrected chi connectivity index (χ1v) is 8.37. The first kappa shape index (κ1) is 15.1. The lowest BCUT2D eigenvalue weighted by Gasteiger charge is -2.41. The van der Waals surface area contributed by atoms with Crippen LogP contribution >= 0.6 is 0 Å². The van der Waals surface area contributed by atoms with E-state index in [2.05, 4.69) is 26.7 Å². The Hall–Kier alpha value is -1.85. The highest BCUT2D eigenvalue weighted by atomic mass is 16.2. The summed E-state index contributed by atoms with van der Waals surface area (Å²) in [5, 5.41) is 0. The summed E-state index contributed by atoms with van der Waals surface area (Å²) in [7, 11) is 0. The molecule has 2 fully saturated rings. The molecule has 0 spiro atoms. The molecule has 6 heteroatoms. The van der Waals surface area contributed by atoms with E-state index in [0.717, 1.165) is 57.9 Å². The van der Waals surface area contributed by atoms with Crippen molar-refractivity contribution < 1.29 is 4.79 Å². The van der Waals surface area contributed by atoms with Gasteiger partial charge in [0.2, 0.25) is 5.95 Å². The summed E-state index contributed by atoms with van der Waals surface area (Å²) in [4.78, 5) is 27.6. The van der Waals surface area contributed by atoms with Crippen LogP contribution in [0.15, 0.2) is 18.5 Å². The van der Waals surface area contributed by atoms with Crippen LogP contribution in [-0.2, 0) is 0 Å². The zero-order valence-electron chi connectivity index (χ0n) is 13.3. The number of likely N-dealkylation sites (tertiary alicyclic amines) is 1. The number of piperidine rings is 1. The fourth-order valence-electron chi connectivity index (χ4n) is 3.41. The maximum Gasteiger partial charge on any atom is 0.320 e. The lowest BCUT2D eigenvalue weighted by Crippen LogP contribution is -2.56. The minimum atomic E-state index is 0.222. The average molecular weight is 303 g/mol. The van der Waals surface area contributed by atoms with E-state index < -0.39 is 0 Å². The molecule has 1 aromatic heterocycles. The van der Waals surface area contributed by atoms with E-state index >= 15 is 0 Å². The van der Waals surface area contributed by atoms with Gasteiger partial charge in [-0.25, -0.2) is 14.8 Å². The number of hydrogen-bond donors (Lipinski definition) is 0. The lowest BCUT2D eigenvalue weighted by atomic mass is 10.0. The van der Waals surface area contributed by atoms with Crippen molar-refractivity contribution in [1.82, 2.24) is 19.8 Å². The lowest BCUT2D eigenvalue weighted by molar-refractivity contribution is 0.111. The van der Waals surface area contributed by atoms with E-state index in [1.807, 2.05) is 11.0 Å². The van der Waals surface area contributed by atoms with Crippen LogP contribution in [0.5, 0.6) is 0 Å². The molecule has 2 aliphatic heterocycles. The smallest absolute Gasteiger partial charge is 0.320 e. The number of hydrogen-bond acceptors (Lipinski definition) is 4. The molecule has 2 aliphatic rings. The molecule has 0 aliphatic carbocycles. The molecular formula is C16H25N5O. The molecular weight excluding hydrogens is 278 g/mol. The minimum Gasteiger partial charge on any atom is -0.337 e. The maximum atomic E-state index is 12.8. The number of nitrogens with zero attached hydrogens (tertiary/aromatic N) is 5. The van der Waals surface area contributed by atoms with Crippen LogP contribution in [-0.4, -0.2) is 64.6 Å². The second-order valence-corrected chi connectivity index (χ2v) is 6.06. The Kier molecular flexibility index (Phi) is 4.75. The van der Waals surface area contributed by atoms with Crippen molar-refractivity contribution in [2.45, 2.75) is 38.6 Å². The molecule has 0 bridgehead atoms. The maximum absolute atomic E-state index is 12.8. The molecule has 2 amide bonds. The molecule has 0 saturated carbocycles. The van der Waals surface area contributed by atoms with Crippen molar-refractivity contribution in [1.29, 1.82) is 0 Å². The molecule has 3 heterocycles. The fourth-order valence-corrected chi connectivity index (χ4v) is 3.41. The van der Waals surface area contributed by atoms with E-state index in [9.17, 15) is 4.79 Å². The van der Waals surface area contributed by atoms with Crippen LogP contribution < -0.4 is 4.90 Å². The first-order chi connectivity index (χ1) is 10.8. The summed E-state index contributed by atoms with van der Waals surface area (Å²) in [5.41, 5.74) is 0. The van der Waals surface area contributed by atoms with Gasteiger partial charge in [-0.05, 0) is 31.7 Å². The molecule has 1 unspecified atom stereocenters. The Morgan fingerprint density at radius 1 is 1.14 bits per heavy atom. The van der Waals surface area contributed by atoms with Crippen LogP contribution in [0.1, 0.15) is 32.6 Å². The average Bonchev–Trinajstić information content (AvgIpc) is 2.62. The highest BCUT2D eigenvalue weighted by molar-refractivity contribution is 5.75. The molecule has 3 rings (SSSR count). The summed E-state index contributed by atoms with van der Waals surface area (Å²) in [5.74, 6) is 0.763. The summed E-state index contributed by atoms with van der Waals surface area (Å²) < 4.78 is 0. The molecule has 1 aromatic rings. The Morgan fingerprint density at radius 3 is 2.55 bits per heavy atom. The van der Waals surface area contributed by atoms with Gasteiger partial charge in [0.1, 0.15) is 0 Å². The van der Waals surface area contributed by atoms with Gasteiger partial charge in [0.05, 0.1) is 0 Å². The predicted octanol–water partition coefficient (Wildman–Crippen LogP) is 1.98. The Bertz CT molecular complexity index is 487. The summed E-state index contributed by atoms with van der Waals surface area (Å²) >= 11 is 0. The molecule has 2 saturated heterocycles. The number of amides is 2. The second-order valence-electron chi connectivity index (χ2n) is 6.06. The van der Waals surface area contributed by atoms with Gasteiger partial charge in [-0.3, -0.25) is 0 Å². The van der Waals surface area contributed by atoms with Crippen LogP contribution in [0, 0.1) is 0 Å². The number of carbonyl (C=O) groups excluding carboxylic acids is 1. The molecule has 6 nitrogen and oxygen atoms in total. The van der Waals surface area contributed by atoms with Gasteiger partial charge in [0.25, 0.3) is 0 Å². The fraction of sp³-hybridized carbons (Fsp3) is 0.688.